The van der Waals surface area contributed by atoms with E-state index >= 15 is 0 Å². The van der Waals surface area contributed by atoms with Crippen molar-refractivity contribution in [1.29, 1.82) is 0 Å². The van der Waals surface area contributed by atoms with Crippen LogP contribution < -0.4 is 0 Å². The summed E-state index contributed by atoms with van der Waals surface area (Å²) in [6, 6.07) is 0. The molecule has 38 valence electrons. The fourth-order valence-electron chi connectivity index (χ4n) is 0. The molecule has 0 saturated carbocycles. The monoisotopic (exact) mass is 332 g/mol. The van der Waals surface area contributed by atoms with Crippen molar-refractivity contribution in [3.8, 4) is 0 Å². The fraction of sp³-hybridized carbons (Fsp3) is 1.00. The summed E-state index contributed by atoms with van der Waals surface area (Å²) in [5.41, 5.74) is 0. The van der Waals surface area contributed by atoms with Gasteiger partial charge in [0.05, 0.1) is 0 Å². The van der Waals surface area contributed by atoms with Gasteiger partial charge in [-0.05, 0) is 0 Å². The molecule has 0 aromatic heterocycles. The zero-order chi connectivity index (χ0) is 5.21. The van der Waals surface area contributed by atoms with E-state index in [1.807, 2.05) is 0 Å². The third-order valence-corrected chi connectivity index (χ3v) is 3.00. The summed E-state index contributed by atoms with van der Waals surface area (Å²) in [6.45, 7) is 0. The summed E-state index contributed by atoms with van der Waals surface area (Å²) in [4.78, 5) is 0. The van der Waals surface area contributed by atoms with Gasteiger partial charge in [-0.1, -0.05) is 0 Å². The highest BCUT2D eigenvalue weighted by molar-refractivity contribution is 14.3. The molecule has 0 N–H and O–H groups in total. The zero-order valence-corrected chi connectivity index (χ0v) is 8.23. The highest BCUT2D eigenvalue weighted by Gasteiger charge is 2.06. The molecule has 0 rings (SSSR count). The normalized spacial score (nSPS) is 11.8. The van der Waals surface area contributed by atoms with Crippen LogP contribution in [0.4, 0.5) is 0 Å². The van der Waals surface area contributed by atoms with Gasteiger partial charge in [0.15, 0.2) is 0 Å². The van der Waals surface area contributed by atoms with E-state index in [0.717, 1.165) is 0 Å². The molecule has 0 bridgehead atoms. The Morgan fingerprint density at radius 1 is 1.67 bits per heavy atom. The maximum absolute atomic E-state index is 10.3. The molecule has 0 heterocycles. The van der Waals surface area contributed by atoms with Crippen LogP contribution in [0.25, 0.3) is 0 Å². The average Bonchev–Trinajstić information content (AvgIpc) is 1.35. The van der Waals surface area contributed by atoms with E-state index in [1.165, 1.54) is 7.11 Å². The second-order valence-corrected chi connectivity index (χ2v) is 15.0. The number of halogens is 2. The second-order valence-electron chi connectivity index (χ2n) is 0.597. The zero-order valence-electron chi connectivity index (χ0n) is 3.02. The van der Waals surface area contributed by atoms with Gasteiger partial charge in [0, 0.05) is 51.2 Å². The first-order chi connectivity index (χ1) is 2.56. The molecular weight excluding hydrogens is 329 g/mol. The Balaban J connectivity index is 3.48. The van der Waals surface area contributed by atoms with Gasteiger partial charge in [0.25, 0.3) is 0 Å². The summed E-state index contributed by atoms with van der Waals surface area (Å²) in [7, 11) is 1.43. The number of hydrogen-bond donors (Lipinski definition) is 0. The summed E-state index contributed by atoms with van der Waals surface area (Å²) in [5.74, 6) is 0. The van der Waals surface area contributed by atoms with Crippen LogP contribution in [-0.4, -0.2) is 7.11 Å². The summed E-state index contributed by atoms with van der Waals surface area (Å²) in [5, 5.41) is 0. The van der Waals surface area contributed by atoms with Gasteiger partial charge in [0.2, 0.25) is 0 Å². The molecule has 0 saturated heterocycles. The van der Waals surface area contributed by atoms with Crippen molar-refractivity contribution in [3.63, 3.8) is 0 Å². The molecule has 0 radical (unpaired) electrons. The summed E-state index contributed by atoms with van der Waals surface area (Å²) < 4.78 is 12.6. The molecule has 0 unspecified atom stereocenters. The maximum Gasteiger partial charge on any atom is 0.315 e. The van der Waals surface area contributed by atoms with Gasteiger partial charge in [-0.3, -0.25) is 4.57 Å². The van der Waals surface area contributed by atoms with Crippen LogP contribution in [0.15, 0.2) is 0 Å². The molecule has 2 nitrogen and oxygen atoms in total. The minimum atomic E-state index is -2.21. The molecule has 0 amide bonds. The van der Waals surface area contributed by atoms with E-state index in [9.17, 15) is 4.57 Å². The minimum Gasteiger partial charge on any atom is -0.318 e. The first kappa shape index (κ1) is 7.65. The Kier molecular flexibility index (Phi) is 3.62. The Labute approximate surface area is 62.4 Å². The van der Waals surface area contributed by atoms with E-state index in [-0.39, 0.29) is 0 Å². The van der Waals surface area contributed by atoms with Crippen LogP contribution in [0.2, 0.25) is 0 Å². The van der Waals surface area contributed by atoms with E-state index in [0.29, 0.717) is 0 Å². The van der Waals surface area contributed by atoms with Gasteiger partial charge in [-0.25, -0.2) is 0 Å². The first-order valence-corrected chi connectivity index (χ1v) is 8.31. The van der Waals surface area contributed by atoms with E-state index < -0.39 is 2.65 Å². The minimum absolute atomic E-state index is 1.43. The topological polar surface area (TPSA) is 26.3 Å². The molecule has 0 aliphatic carbocycles. The van der Waals surface area contributed by atoms with Gasteiger partial charge >= 0.3 is 2.65 Å². The molecule has 0 spiro atoms. The van der Waals surface area contributed by atoms with Crippen LogP contribution in [-0.2, 0) is 9.09 Å². The molecule has 0 fully saturated rings. The molecule has 5 heteroatoms. The van der Waals surface area contributed by atoms with E-state index in [1.54, 1.807) is 44.1 Å². The molecular formula is CH3I2O2P. The smallest absolute Gasteiger partial charge is 0.315 e. The average molecular weight is 332 g/mol. The molecule has 0 aromatic carbocycles. The first-order valence-electron chi connectivity index (χ1n) is 1.11. The molecule has 0 aromatic rings. The maximum atomic E-state index is 10.3. The predicted molar refractivity (Wildman–Crippen MR) is 42.7 cm³/mol. The molecule has 0 aliphatic rings. The van der Waals surface area contributed by atoms with Crippen LogP contribution in [0.3, 0.4) is 0 Å². The lowest BCUT2D eigenvalue weighted by molar-refractivity contribution is 0.429. The third kappa shape index (κ3) is 5.65. The lowest BCUT2D eigenvalue weighted by Gasteiger charge is -1.92. The van der Waals surface area contributed by atoms with Crippen LogP contribution in [0.5, 0.6) is 0 Å². The van der Waals surface area contributed by atoms with E-state index in [4.69, 9.17) is 0 Å². The lowest BCUT2D eigenvalue weighted by atomic mass is 11.8. The lowest BCUT2D eigenvalue weighted by Crippen LogP contribution is -1.58. The Bertz CT molecular complexity index is 75.6. The van der Waals surface area contributed by atoms with Gasteiger partial charge in [0.1, 0.15) is 0 Å². The highest BCUT2D eigenvalue weighted by atomic mass is 127. The van der Waals surface area contributed by atoms with Crippen molar-refractivity contribution < 1.29 is 9.09 Å². The van der Waals surface area contributed by atoms with Crippen molar-refractivity contribution >= 4 is 46.7 Å². The molecule has 6 heavy (non-hydrogen) atoms. The second kappa shape index (κ2) is 2.84. The summed E-state index contributed by atoms with van der Waals surface area (Å²) >= 11 is 3.52. The SMILES string of the molecule is COP(=O)(I)I. The third-order valence-electron chi connectivity index (χ3n) is 0.213. The van der Waals surface area contributed by atoms with Gasteiger partial charge in [-0.2, -0.15) is 0 Å². The Morgan fingerprint density at radius 2 is 1.83 bits per heavy atom. The van der Waals surface area contributed by atoms with Gasteiger partial charge in [-0.15, -0.1) is 0 Å². The predicted octanol–water partition coefficient (Wildman–Crippen LogP) is 2.61. The van der Waals surface area contributed by atoms with Crippen molar-refractivity contribution in [2.75, 3.05) is 7.11 Å². The molecule has 0 atom stereocenters. The van der Waals surface area contributed by atoms with Crippen molar-refractivity contribution in [2.24, 2.45) is 0 Å². The standard InChI is InChI=1S/CH3I2O2P/c1-5-6(2,3)4/h1H3. The van der Waals surface area contributed by atoms with Crippen LogP contribution in [0.1, 0.15) is 0 Å². The van der Waals surface area contributed by atoms with Crippen molar-refractivity contribution in [3.05, 3.63) is 0 Å². The molecule has 0 aliphatic heterocycles. The van der Waals surface area contributed by atoms with Crippen LogP contribution in [0, 0.1) is 0 Å². The Hall–Kier alpha value is 1.65. The van der Waals surface area contributed by atoms with Crippen molar-refractivity contribution in [1.82, 2.24) is 0 Å². The van der Waals surface area contributed by atoms with Crippen LogP contribution >= 0.6 is 46.7 Å². The van der Waals surface area contributed by atoms with Gasteiger partial charge < -0.3 is 4.52 Å². The van der Waals surface area contributed by atoms with E-state index in [2.05, 4.69) is 4.52 Å². The quantitative estimate of drug-likeness (QED) is 0.545. The largest absolute Gasteiger partial charge is 0.318 e. The fourth-order valence-corrected chi connectivity index (χ4v) is 0. The summed E-state index contributed by atoms with van der Waals surface area (Å²) in [6.07, 6.45) is 0. The number of hydrogen-bond acceptors (Lipinski definition) is 2. The highest BCUT2D eigenvalue weighted by Crippen LogP contribution is 2.62. The Morgan fingerprint density at radius 3 is 1.83 bits per heavy atom. The van der Waals surface area contributed by atoms with Crippen molar-refractivity contribution in [2.45, 2.75) is 0 Å². The number of rotatable bonds is 1.